The highest BCUT2D eigenvalue weighted by Gasteiger charge is 2.30. The van der Waals surface area contributed by atoms with Crippen LogP contribution in [0.15, 0.2) is 55.0 Å². The van der Waals surface area contributed by atoms with Crippen LogP contribution >= 0.6 is 11.6 Å². The number of pyridine rings is 2. The quantitative estimate of drug-likeness (QED) is 0.589. The molecule has 0 saturated carbocycles. The summed E-state index contributed by atoms with van der Waals surface area (Å²) in [5.74, 6) is 0.800. The first-order valence-corrected chi connectivity index (χ1v) is 7.76. The summed E-state index contributed by atoms with van der Waals surface area (Å²) in [6.07, 6.45) is 0.0832. The van der Waals surface area contributed by atoms with Gasteiger partial charge in [-0.25, -0.2) is 4.98 Å². The molecule has 0 aliphatic heterocycles. The topological polar surface area (TPSA) is 44.2 Å². The summed E-state index contributed by atoms with van der Waals surface area (Å²) in [4.78, 5) is 8.19. The van der Waals surface area contributed by atoms with Crippen molar-refractivity contribution in [1.29, 1.82) is 0 Å². The lowest BCUT2D eigenvalue weighted by atomic mass is 10.1. The lowest BCUT2D eigenvalue weighted by Gasteiger charge is -2.13. The van der Waals surface area contributed by atoms with E-state index in [0.29, 0.717) is 21.9 Å². The van der Waals surface area contributed by atoms with E-state index in [0.717, 1.165) is 12.1 Å². The number of hydrogen-bond acceptors (Lipinski definition) is 4. The van der Waals surface area contributed by atoms with E-state index in [9.17, 15) is 13.2 Å². The van der Waals surface area contributed by atoms with Gasteiger partial charge in [0.15, 0.2) is 0 Å². The molecule has 0 spiro atoms. The van der Waals surface area contributed by atoms with E-state index in [1.54, 1.807) is 18.3 Å². The van der Waals surface area contributed by atoms with Gasteiger partial charge in [0.25, 0.3) is 0 Å². The van der Waals surface area contributed by atoms with Gasteiger partial charge in [-0.3, -0.25) is 4.98 Å². The maximum atomic E-state index is 12.7. The van der Waals surface area contributed by atoms with Crippen molar-refractivity contribution in [3.63, 3.8) is 0 Å². The molecule has 26 heavy (non-hydrogen) atoms. The Morgan fingerprint density at radius 1 is 1.00 bits per heavy atom. The SMILES string of the molecule is COc1c(Cl)cncc1-c1cccnc1Oc1ccc(C(F)(F)F)cc1. The van der Waals surface area contributed by atoms with Gasteiger partial charge in [0, 0.05) is 29.7 Å². The Balaban J connectivity index is 1.97. The van der Waals surface area contributed by atoms with Gasteiger partial charge in [-0.2, -0.15) is 13.2 Å². The fourth-order valence-electron chi connectivity index (χ4n) is 2.32. The van der Waals surface area contributed by atoms with Crippen molar-refractivity contribution in [1.82, 2.24) is 9.97 Å². The number of methoxy groups -OCH3 is 1. The Bertz CT molecular complexity index is 915. The van der Waals surface area contributed by atoms with E-state index in [4.69, 9.17) is 21.1 Å². The minimum absolute atomic E-state index is 0.189. The second kappa shape index (κ2) is 7.21. The molecule has 0 saturated heterocycles. The molecular formula is C18H12ClF3N2O2. The number of nitrogens with zero attached hydrogens (tertiary/aromatic N) is 2. The minimum Gasteiger partial charge on any atom is -0.494 e. The molecule has 0 atom stereocenters. The fourth-order valence-corrected chi connectivity index (χ4v) is 2.56. The maximum Gasteiger partial charge on any atom is 0.416 e. The second-order valence-electron chi connectivity index (χ2n) is 5.18. The Labute approximate surface area is 152 Å². The summed E-state index contributed by atoms with van der Waals surface area (Å²) in [5.41, 5.74) is 0.334. The Morgan fingerprint density at radius 2 is 1.73 bits per heavy atom. The van der Waals surface area contributed by atoms with Gasteiger partial charge in [-0.15, -0.1) is 0 Å². The number of rotatable bonds is 4. The van der Waals surface area contributed by atoms with Crippen LogP contribution in [-0.4, -0.2) is 17.1 Å². The minimum atomic E-state index is -4.41. The van der Waals surface area contributed by atoms with Crippen LogP contribution in [0.1, 0.15) is 5.56 Å². The molecule has 0 N–H and O–H groups in total. The zero-order chi connectivity index (χ0) is 18.7. The van der Waals surface area contributed by atoms with Crippen molar-refractivity contribution in [3.05, 3.63) is 65.6 Å². The van der Waals surface area contributed by atoms with Crippen LogP contribution < -0.4 is 9.47 Å². The average molecular weight is 381 g/mol. The number of alkyl halides is 3. The summed E-state index contributed by atoms with van der Waals surface area (Å²) in [7, 11) is 1.47. The van der Waals surface area contributed by atoms with Crippen LogP contribution in [0.2, 0.25) is 5.02 Å². The molecule has 0 aliphatic rings. The number of benzene rings is 1. The third kappa shape index (κ3) is 3.72. The van der Waals surface area contributed by atoms with Crippen LogP contribution in [0, 0.1) is 0 Å². The standard InChI is InChI=1S/C18H12ClF3N2O2/c1-25-16-14(9-23-10-15(16)19)13-3-2-8-24-17(13)26-12-6-4-11(5-7-12)18(20,21)22/h2-10H,1H3. The summed E-state index contributed by atoms with van der Waals surface area (Å²) in [6.45, 7) is 0. The summed E-state index contributed by atoms with van der Waals surface area (Å²) in [6, 6.07) is 7.76. The number of aromatic nitrogens is 2. The molecule has 0 amide bonds. The predicted octanol–water partition coefficient (Wildman–Crippen LogP) is 5.62. The normalized spacial score (nSPS) is 11.3. The summed E-state index contributed by atoms with van der Waals surface area (Å²) >= 11 is 6.10. The zero-order valence-corrected chi connectivity index (χ0v) is 14.2. The largest absolute Gasteiger partial charge is 0.494 e. The third-order valence-electron chi connectivity index (χ3n) is 3.51. The molecule has 0 bridgehead atoms. The molecule has 0 unspecified atom stereocenters. The lowest BCUT2D eigenvalue weighted by molar-refractivity contribution is -0.137. The molecule has 4 nitrogen and oxygen atoms in total. The first-order valence-electron chi connectivity index (χ1n) is 7.38. The maximum absolute atomic E-state index is 12.7. The Kier molecular flexibility index (Phi) is 4.99. The lowest BCUT2D eigenvalue weighted by Crippen LogP contribution is -2.04. The van der Waals surface area contributed by atoms with Gasteiger partial charge in [-0.05, 0) is 36.4 Å². The molecule has 1 aromatic carbocycles. The second-order valence-corrected chi connectivity index (χ2v) is 5.59. The molecular weight excluding hydrogens is 369 g/mol. The number of ether oxygens (including phenoxy) is 2. The van der Waals surface area contributed by atoms with Gasteiger partial charge in [0.05, 0.1) is 12.7 Å². The molecule has 3 aromatic rings. The molecule has 2 heterocycles. The van der Waals surface area contributed by atoms with Crippen molar-refractivity contribution in [2.24, 2.45) is 0 Å². The smallest absolute Gasteiger partial charge is 0.416 e. The van der Waals surface area contributed by atoms with Gasteiger partial charge < -0.3 is 9.47 Å². The van der Waals surface area contributed by atoms with Crippen LogP contribution in [0.5, 0.6) is 17.4 Å². The van der Waals surface area contributed by atoms with E-state index in [1.165, 1.54) is 31.6 Å². The zero-order valence-electron chi connectivity index (χ0n) is 13.4. The predicted molar refractivity (Wildman–Crippen MR) is 90.5 cm³/mol. The van der Waals surface area contributed by atoms with Crippen molar-refractivity contribution in [2.75, 3.05) is 7.11 Å². The number of halogens is 4. The molecule has 8 heteroatoms. The van der Waals surface area contributed by atoms with E-state index in [-0.39, 0.29) is 11.6 Å². The van der Waals surface area contributed by atoms with E-state index < -0.39 is 11.7 Å². The highest BCUT2D eigenvalue weighted by atomic mass is 35.5. The molecule has 0 radical (unpaired) electrons. The van der Waals surface area contributed by atoms with Crippen LogP contribution in [0.4, 0.5) is 13.2 Å². The highest BCUT2D eigenvalue weighted by molar-refractivity contribution is 6.32. The molecule has 134 valence electrons. The van der Waals surface area contributed by atoms with Gasteiger partial charge in [-0.1, -0.05) is 11.6 Å². The first-order chi connectivity index (χ1) is 12.4. The Morgan fingerprint density at radius 3 is 2.38 bits per heavy atom. The van der Waals surface area contributed by atoms with Gasteiger partial charge >= 0.3 is 6.18 Å². The molecule has 0 fully saturated rings. The molecule has 2 aromatic heterocycles. The van der Waals surface area contributed by atoms with Crippen LogP contribution in [0.25, 0.3) is 11.1 Å². The van der Waals surface area contributed by atoms with Gasteiger partial charge in [0.1, 0.15) is 16.5 Å². The summed E-state index contributed by atoms with van der Waals surface area (Å²) < 4.78 is 49.0. The monoisotopic (exact) mass is 380 g/mol. The van der Waals surface area contributed by atoms with E-state index in [2.05, 4.69) is 9.97 Å². The Hall–Kier alpha value is -2.80. The van der Waals surface area contributed by atoms with E-state index in [1.807, 2.05) is 0 Å². The molecule has 0 aliphatic carbocycles. The molecule has 3 rings (SSSR count). The van der Waals surface area contributed by atoms with Crippen molar-refractivity contribution in [2.45, 2.75) is 6.18 Å². The first kappa shape index (κ1) is 18.0. The third-order valence-corrected chi connectivity index (χ3v) is 3.78. The number of hydrogen-bond donors (Lipinski definition) is 0. The van der Waals surface area contributed by atoms with Crippen molar-refractivity contribution < 1.29 is 22.6 Å². The van der Waals surface area contributed by atoms with Crippen molar-refractivity contribution >= 4 is 11.6 Å². The van der Waals surface area contributed by atoms with Gasteiger partial charge in [0.2, 0.25) is 5.88 Å². The van der Waals surface area contributed by atoms with Crippen LogP contribution in [-0.2, 0) is 6.18 Å². The van der Waals surface area contributed by atoms with E-state index >= 15 is 0 Å². The summed E-state index contributed by atoms with van der Waals surface area (Å²) in [5, 5.41) is 0.314. The van der Waals surface area contributed by atoms with Crippen molar-refractivity contribution in [3.8, 4) is 28.5 Å². The fraction of sp³-hybridized carbons (Fsp3) is 0.111. The highest BCUT2D eigenvalue weighted by Crippen LogP contribution is 2.40. The van der Waals surface area contributed by atoms with Crippen LogP contribution in [0.3, 0.4) is 0 Å². The average Bonchev–Trinajstić information content (AvgIpc) is 2.62.